The van der Waals surface area contributed by atoms with Gasteiger partial charge in [-0.1, -0.05) is 17.3 Å². The molecule has 5 nitrogen and oxygen atoms in total. The number of aryl methyl sites for hydroxylation is 2. The summed E-state index contributed by atoms with van der Waals surface area (Å²) in [6.45, 7) is 5.25. The average Bonchev–Trinajstić information content (AvgIpc) is 2.71. The second-order valence-corrected chi connectivity index (χ2v) is 4.47. The molecular formula is C14H17N3O2. The van der Waals surface area contributed by atoms with Crippen LogP contribution in [0.15, 0.2) is 28.8 Å². The van der Waals surface area contributed by atoms with E-state index >= 15 is 0 Å². The summed E-state index contributed by atoms with van der Waals surface area (Å²) >= 11 is 0. The first-order valence-corrected chi connectivity index (χ1v) is 6.09. The van der Waals surface area contributed by atoms with Crippen LogP contribution in [0.4, 0.5) is 0 Å². The van der Waals surface area contributed by atoms with Gasteiger partial charge in [-0.05, 0) is 31.5 Å². The summed E-state index contributed by atoms with van der Waals surface area (Å²) in [4.78, 5) is 10.9. The monoisotopic (exact) mass is 259 g/mol. The van der Waals surface area contributed by atoms with Gasteiger partial charge in [-0.15, -0.1) is 0 Å². The van der Waals surface area contributed by atoms with Gasteiger partial charge < -0.3 is 15.6 Å². The Kier molecular flexibility index (Phi) is 3.97. The van der Waals surface area contributed by atoms with Crippen LogP contribution in [0, 0.1) is 13.8 Å². The quantitative estimate of drug-likeness (QED) is 0.856. The lowest BCUT2D eigenvalue weighted by Gasteiger charge is -2.05. The first kappa shape index (κ1) is 13.3. The topological polar surface area (TPSA) is 81.2 Å². The number of nitrogens with zero attached hydrogens (tertiary/aromatic N) is 1. The summed E-state index contributed by atoms with van der Waals surface area (Å²) in [7, 11) is 0. The number of rotatable bonds is 5. The predicted octanol–water partition coefficient (Wildman–Crippen LogP) is 1.68. The zero-order valence-corrected chi connectivity index (χ0v) is 11.1. The van der Waals surface area contributed by atoms with Crippen molar-refractivity contribution >= 4 is 5.91 Å². The zero-order valence-electron chi connectivity index (χ0n) is 11.1. The van der Waals surface area contributed by atoms with E-state index in [-0.39, 0.29) is 0 Å². The summed E-state index contributed by atoms with van der Waals surface area (Å²) in [6, 6.07) is 7.24. The molecule has 0 saturated heterocycles. The van der Waals surface area contributed by atoms with Gasteiger partial charge in [-0.25, -0.2) is 0 Å². The molecule has 0 bridgehead atoms. The van der Waals surface area contributed by atoms with Crippen molar-refractivity contribution in [3.8, 4) is 0 Å². The Bertz CT molecular complexity index is 553. The van der Waals surface area contributed by atoms with Crippen molar-refractivity contribution in [1.29, 1.82) is 0 Å². The van der Waals surface area contributed by atoms with Crippen molar-refractivity contribution < 1.29 is 9.32 Å². The normalized spacial score (nSPS) is 10.6. The summed E-state index contributed by atoms with van der Waals surface area (Å²) < 4.78 is 5.10. The van der Waals surface area contributed by atoms with Gasteiger partial charge in [0.2, 0.25) is 5.91 Å². The second-order valence-electron chi connectivity index (χ2n) is 4.47. The molecule has 1 amide bonds. The van der Waals surface area contributed by atoms with Gasteiger partial charge in [0, 0.05) is 24.2 Å². The second kappa shape index (κ2) is 5.67. The zero-order chi connectivity index (χ0) is 13.8. The molecule has 0 fully saturated rings. The third-order valence-corrected chi connectivity index (χ3v) is 3.05. The lowest BCUT2D eigenvalue weighted by molar-refractivity contribution is 0.100. The molecule has 0 unspecified atom stereocenters. The van der Waals surface area contributed by atoms with E-state index in [1.807, 2.05) is 26.0 Å². The maximum absolute atomic E-state index is 10.9. The molecule has 1 heterocycles. The van der Waals surface area contributed by atoms with Crippen LogP contribution in [0.5, 0.6) is 0 Å². The van der Waals surface area contributed by atoms with Crippen LogP contribution in [0.1, 0.15) is 32.9 Å². The van der Waals surface area contributed by atoms with Gasteiger partial charge in [0.1, 0.15) is 5.76 Å². The number of benzene rings is 1. The van der Waals surface area contributed by atoms with E-state index in [2.05, 4.69) is 10.5 Å². The lowest BCUT2D eigenvalue weighted by atomic mass is 10.1. The van der Waals surface area contributed by atoms with Crippen LogP contribution in [-0.4, -0.2) is 11.1 Å². The van der Waals surface area contributed by atoms with Crippen LogP contribution in [0.25, 0.3) is 0 Å². The van der Waals surface area contributed by atoms with Crippen LogP contribution in [0.3, 0.4) is 0 Å². The van der Waals surface area contributed by atoms with E-state index in [4.69, 9.17) is 10.3 Å². The van der Waals surface area contributed by atoms with Gasteiger partial charge in [0.25, 0.3) is 0 Å². The van der Waals surface area contributed by atoms with Crippen molar-refractivity contribution in [2.75, 3.05) is 0 Å². The summed E-state index contributed by atoms with van der Waals surface area (Å²) in [5.74, 6) is 0.435. The van der Waals surface area contributed by atoms with Crippen LogP contribution >= 0.6 is 0 Å². The maximum atomic E-state index is 10.9. The van der Waals surface area contributed by atoms with Gasteiger partial charge >= 0.3 is 0 Å². The van der Waals surface area contributed by atoms with Crippen molar-refractivity contribution in [2.45, 2.75) is 26.9 Å². The van der Waals surface area contributed by atoms with Gasteiger partial charge in [-0.2, -0.15) is 0 Å². The van der Waals surface area contributed by atoms with Gasteiger partial charge in [-0.3, -0.25) is 4.79 Å². The largest absolute Gasteiger partial charge is 0.366 e. The molecule has 0 atom stereocenters. The fourth-order valence-corrected chi connectivity index (χ4v) is 1.87. The Morgan fingerprint density at radius 2 is 1.95 bits per heavy atom. The fourth-order valence-electron chi connectivity index (χ4n) is 1.87. The molecule has 0 aliphatic heterocycles. The Hall–Kier alpha value is -2.14. The van der Waals surface area contributed by atoms with Crippen LogP contribution in [-0.2, 0) is 13.1 Å². The molecule has 0 radical (unpaired) electrons. The van der Waals surface area contributed by atoms with Crippen LogP contribution in [0.2, 0.25) is 0 Å². The molecule has 1 aromatic heterocycles. The number of primary amides is 1. The molecule has 5 heteroatoms. The highest BCUT2D eigenvalue weighted by Crippen LogP contribution is 2.12. The number of nitrogens with two attached hydrogens (primary N) is 1. The van der Waals surface area contributed by atoms with E-state index in [1.165, 1.54) is 0 Å². The summed E-state index contributed by atoms with van der Waals surface area (Å²) in [5, 5.41) is 7.22. The average molecular weight is 259 g/mol. The predicted molar refractivity (Wildman–Crippen MR) is 71.5 cm³/mol. The molecule has 100 valence electrons. The van der Waals surface area contributed by atoms with E-state index < -0.39 is 5.91 Å². The maximum Gasteiger partial charge on any atom is 0.248 e. The summed E-state index contributed by atoms with van der Waals surface area (Å²) in [6.07, 6.45) is 0. The molecule has 0 aliphatic carbocycles. The fraction of sp³-hybridized carbons (Fsp3) is 0.286. The molecular weight excluding hydrogens is 242 g/mol. The van der Waals surface area contributed by atoms with E-state index in [1.54, 1.807) is 12.1 Å². The molecule has 0 aliphatic rings. The molecule has 1 aromatic carbocycles. The van der Waals surface area contributed by atoms with E-state index in [0.29, 0.717) is 18.7 Å². The van der Waals surface area contributed by atoms with E-state index in [0.717, 1.165) is 22.6 Å². The third kappa shape index (κ3) is 3.20. The minimum atomic E-state index is -0.407. The van der Waals surface area contributed by atoms with Gasteiger partial charge in [0.15, 0.2) is 0 Å². The minimum Gasteiger partial charge on any atom is -0.366 e. The van der Waals surface area contributed by atoms with Gasteiger partial charge in [0.05, 0.1) is 5.69 Å². The number of nitrogens with one attached hydrogen (secondary N) is 1. The highest BCUT2D eigenvalue weighted by Gasteiger charge is 2.07. The molecule has 3 N–H and O–H groups in total. The van der Waals surface area contributed by atoms with Crippen LogP contribution < -0.4 is 11.1 Å². The van der Waals surface area contributed by atoms with E-state index in [9.17, 15) is 4.79 Å². The minimum absolute atomic E-state index is 0.407. The van der Waals surface area contributed by atoms with Crippen molar-refractivity contribution in [3.63, 3.8) is 0 Å². The molecule has 2 aromatic rings. The highest BCUT2D eigenvalue weighted by atomic mass is 16.5. The molecule has 19 heavy (non-hydrogen) atoms. The molecule has 2 rings (SSSR count). The smallest absolute Gasteiger partial charge is 0.248 e. The number of hydrogen-bond donors (Lipinski definition) is 2. The van der Waals surface area contributed by atoms with Crippen molar-refractivity contribution in [3.05, 3.63) is 52.4 Å². The summed E-state index contributed by atoms with van der Waals surface area (Å²) in [5.41, 5.74) is 8.81. The number of carbonyl (C=O) groups is 1. The Balaban J connectivity index is 1.91. The first-order valence-electron chi connectivity index (χ1n) is 6.09. The number of aromatic nitrogens is 1. The highest BCUT2D eigenvalue weighted by molar-refractivity contribution is 5.92. The van der Waals surface area contributed by atoms with Crippen molar-refractivity contribution in [2.24, 2.45) is 5.73 Å². The number of carbonyl (C=O) groups excluding carboxylic acids is 1. The standard InChI is InChI=1S/C14H17N3O2/c1-9-13(10(2)19-17-9)8-16-7-11-3-5-12(6-4-11)14(15)18/h3-6,16H,7-8H2,1-2H3,(H2,15,18). The Morgan fingerprint density at radius 1 is 1.26 bits per heavy atom. The Morgan fingerprint density at radius 3 is 2.47 bits per heavy atom. The molecule has 0 saturated carbocycles. The third-order valence-electron chi connectivity index (χ3n) is 3.05. The van der Waals surface area contributed by atoms with Crippen molar-refractivity contribution in [1.82, 2.24) is 10.5 Å². The Labute approximate surface area is 111 Å². The SMILES string of the molecule is Cc1noc(C)c1CNCc1ccc(C(N)=O)cc1. The number of hydrogen-bond acceptors (Lipinski definition) is 4. The first-order chi connectivity index (χ1) is 9.08. The number of amides is 1. The lowest BCUT2D eigenvalue weighted by Crippen LogP contribution is -2.14. The molecule has 0 spiro atoms.